The molecule has 0 radical (unpaired) electrons. The monoisotopic (exact) mass is 293 g/mol. The molecule has 1 aromatic heterocycles. The van der Waals surface area contributed by atoms with Gasteiger partial charge in [-0.25, -0.2) is 0 Å². The Kier molecular flexibility index (Phi) is 4.31. The summed E-state index contributed by atoms with van der Waals surface area (Å²) in [4.78, 5) is 4.53. The van der Waals surface area contributed by atoms with Crippen LogP contribution in [0.4, 0.5) is 0 Å². The number of aromatic nitrogens is 2. The zero-order chi connectivity index (χ0) is 14.9. The zero-order valence-corrected chi connectivity index (χ0v) is 13.1. The molecule has 1 unspecified atom stereocenters. The number of hydrogen-bond donors (Lipinski definition) is 2. The van der Waals surface area contributed by atoms with Crippen LogP contribution >= 0.6 is 0 Å². The summed E-state index contributed by atoms with van der Waals surface area (Å²) in [5.41, 5.74) is -0.974. The van der Waals surface area contributed by atoms with Gasteiger partial charge in [-0.05, 0) is 56.9 Å². The Morgan fingerprint density at radius 2 is 2.05 bits per heavy atom. The lowest BCUT2D eigenvalue weighted by Crippen LogP contribution is -2.43. The Hall–Kier alpha value is -0.940. The lowest BCUT2D eigenvalue weighted by atomic mass is 9.77. The maximum Gasteiger partial charge on any atom is 0.259 e. The first kappa shape index (κ1) is 15.0. The van der Waals surface area contributed by atoms with Gasteiger partial charge in [-0.15, -0.1) is 0 Å². The van der Waals surface area contributed by atoms with E-state index in [0.29, 0.717) is 24.8 Å². The Morgan fingerprint density at radius 3 is 2.67 bits per heavy atom. The Morgan fingerprint density at radius 1 is 1.29 bits per heavy atom. The average Bonchev–Trinajstić information content (AvgIpc) is 2.99. The fourth-order valence-corrected chi connectivity index (χ4v) is 3.71. The van der Waals surface area contributed by atoms with Crippen LogP contribution < -0.4 is 5.32 Å². The molecule has 5 heteroatoms. The number of rotatable bonds is 3. The molecule has 3 rings (SSSR count). The minimum Gasteiger partial charge on any atom is -0.379 e. The first-order chi connectivity index (χ1) is 10.1. The van der Waals surface area contributed by atoms with Gasteiger partial charge >= 0.3 is 0 Å². The molecule has 0 spiro atoms. The second kappa shape index (κ2) is 6.05. The van der Waals surface area contributed by atoms with Crippen molar-refractivity contribution in [1.82, 2.24) is 15.5 Å². The third-order valence-corrected chi connectivity index (χ3v) is 5.28. The van der Waals surface area contributed by atoms with E-state index in [9.17, 15) is 5.11 Å². The van der Waals surface area contributed by atoms with Crippen molar-refractivity contribution in [2.45, 2.75) is 63.9 Å². The van der Waals surface area contributed by atoms with Gasteiger partial charge < -0.3 is 14.9 Å². The summed E-state index contributed by atoms with van der Waals surface area (Å²) in [7, 11) is 0. The van der Waals surface area contributed by atoms with E-state index in [2.05, 4.69) is 29.3 Å². The van der Waals surface area contributed by atoms with E-state index >= 15 is 0 Å². The van der Waals surface area contributed by atoms with E-state index in [1.54, 1.807) is 0 Å². The Balaban J connectivity index is 1.65. The molecule has 118 valence electrons. The molecule has 2 fully saturated rings. The van der Waals surface area contributed by atoms with E-state index < -0.39 is 5.60 Å². The highest BCUT2D eigenvalue weighted by molar-refractivity contribution is 5.05. The summed E-state index contributed by atoms with van der Waals surface area (Å²) in [6.45, 7) is 6.07. The van der Waals surface area contributed by atoms with E-state index in [4.69, 9.17) is 4.52 Å². The molecule has 0 bridgehead atoms. The minimum absolute atomic E-state index is 0.399. The van der Waals surface area contributed by atoms with E-state index in [-0.39, 0.29) is 0 Å². The van der Waals surface area contributed by atoms with Crippen molar-refractivity contribution < 1.29 is 9.63 Å². The molecule has 21 heavy (non-hydrogen) atoms. The first-order valence-electron chi connectivity index (χ1n) is 8.36. The molecule has 0 aromatic carbocycles. The Bertz CT molecular complexity index is 458. The quantitative estimate of drug-likeness (QED) is 0.896. The summed E-state index contributed by atoms with van der Waals surface area (Å²) in [5, 5.41) is 18.0. The SMILES string of the molecule is CC(C)C1CCC(c2noc(C3(O)CCCNC3)n2)CC1. The number of nitrogens with one attached hydrogen (secondary N) is 1. The number of aliphatic hydroxyl groups is 1. The molecule has 1 saturated heterocycles. The molecular weight excluding hydrogens is 266 g/mol. The lowest BCUT2D eigenvalue weighted by Gasteiger charge is -2.29. The predicted octanol–water partition coefficient (Wildman–Crippen LogP) is 2.57. The van der Waals surface area contributed by atoms with Crippen molar-refractivity contribution in [1.29, 1.82) is 0 Å². The lowest BCUT2D eigenvalue weighted by molar-refractivity contribution is -0.0167. The van der Waals surface area contributed by atoms with Gasteiger partial charge in [0.05, 0.1) is 0 Å². The van der Waals surface area contributed by atoms with Gasteiger partial charge in [0.15, 0.2) is 11.4 Å². The molecular formula is C16H27N3O2. The molecule has 2 aliphatic rings. The van der Waals surface area contributed by atoms with E-state index in [1.807, 2.05) is 0 Å². The first-order valence-corrected chi connectivity index (χ1v) is 8.36. The summed E-state index contributed by atoms with van der Waals surface area (Å²) in [5.74, 6) is 3.19. The number of nitrogens with zero attached hydrogens (tertiary/aromatic N) is 2. The van der Waals surface area contributed by atoms with Gasteiger partial charge in [0.25, 0.3) is 5.89 Å². The fourth-order valence-electron chi connectivity index (χ4n) is 3.71. The zero-order valence-electron chi connectivity index (χ0n) is 13.1. The van der Waals surface area contributed by atoms with Crippen molar-refractivity contribution in [3.05, 3.63) is 11.7 Å². The van der Waals surface area contributed by atoms with Gasteiger partial charge in [-0.3, -0.25) is 0 Å². The maximum absolute atomic E-state index is 10.6. The number of β-amino-alcohol motifs (C(OH)–C–C–N with tert-alkyl or cyclic N) is 1. The summed E-state index contributed by atoms with van der Waals surface area (Å²) in [6, 6.07) is 0. The van der Waals surface area contributed by atoms with Crippen LogP contribution in [-0.4, -0.2) is 28.3 Å². The average molecular weight is 293 g/mol. The predicted molar refractivity (Wildman–Crippen MR) is 79.8 cm³/mol. The second-order valence-corrected chi connectivity index (χ2v) is 7.13. The van der Waals surface area contributed by atoms with E-state index in [1.165, 1.54) is 12.8 Å². The minimum atomic E-state index is -0.974. The highest BCUT2D eigenvalue weighted by atomic mass is 16.5. The summed E-state index contributed by atoms with van der Waals surface area (Å²) < 4.78 is 5.38. The van der Waals surface area contributed by atoms with Gasteiger partial charge in [0.2, 0.25) is 0 Å². The molecule has 0 amide bonds. The number of piperidine rings is 1. The van der Waals surface area contributed by atoms with Gasteiger partial charge in [0, 0.05) is 12.5 Å². The molecule has 1 aliphatic carbocycles. The van der Waals surface area contributed by atoms with E-state index in [0.717, 1.165) is 43.5 Å². The second-order valence-electron chi connectivity index (χ2n) is 7.13. The summed E-state index contributed by atoms with van der Waals surface area (Å²) >= 11 is 0. The van der Waals surface area contributed by atoms with Crippen molar-refractivity contribution in [2.24, 2.45) is 11.8 Å². The highest BCUT2D eigenvalue weighted by Crippen LogP contribution is 2.38. The summed E-state index contributed by atoms with van der Waals surface area (Å²) in [6.07, 6.45) is 6.41. The normalized spacial score (nSPS) is 34.3. The molecule has 1 atom stereocenters. The Labute approximate surface area is 126 Å². The largest absolute Gasteiger partial charge is 0.379 e. The third-order valence-electron chi connectivity index (χ3n) is 5.28. The van der Waals surface area contributed by atoms with Gasteiger partial charge in [0.1, 0.15) is 0 Å². The van der Waals surface area contributed by atoms with Crippen LogP contribution in [0.15, 0.2) is 4.52 Å². The van der Waals surface area contributed by atoms with Crippen LogP contribution in [0.2, 0.25) is 0 Å². The molecule has 2 N–H and O–H groups in total. The third kappa shape index (κ3) is 3.14. The van der Waals surface area contributed by atoms with Crippen molar-refractivity contribution >= 4 is 0 Å². The number of hydrogen-bond acceptors (Lipinski definition) is 5. The fraction of sp³-hybridized carbons (Fsp3) is 0.875. The molecule has 1 aromatic rings. The van der Waals surface area contributed by atoms with Crippen LogP contribution in [-0.2, 0) is 5.60 Å². The van der Waals surface area contributed by atoms with Crippen molar-refractivity contribution in [2.75, 3.05) is 13.1 Å². The van der Waals surface area contributed by atoms with Crippen LogP contribution in [0.25, 0.3) is 0 Å². The molecule has 5 nitrogen and oxygen atoms in total. The van der Waals surface area contributed by atoms with Gasteiger partial charge in [-0.2, -0.15) is 4.98 Å². The standard InChI is InChI=1S/C16H27N3O2/c1-11(2)12-4-6-13(7-5-12)14-18-15(21-19-14)16(20)8-3-9-17-10-16/h11-13,17,20H,3-10H2,1-2H3. The molecule has 2 heterocycles. The highest BCUT2D eigenvalue weighted by Gasteiger charge is 2.38. The molecule has 1 aliphatic heterocycles. The van der Waals surface area contributed by atoms with Crippen LogP contribution in [0.3, 0.4) is 0 Å². The van der Waals surface area contributed by atoms with Crippen molar-refractivity contribution in [3.63, 3.8) is 0 Å². The van der Waals surface area contributed by atoms with Crippen LogP contribution in [0.5, 0.6) is 0 Å². The smallest absolute Gasteiger partial charge is 0.259 e. The maximum atomic E-state index is 10.6. The van der Waals surface area contributed by atoms with Gasteiger partial charge in [-0.1, -0.05) is 19.0 Å². The molecule has 1 saturated carbocycles. The van der Waals surface area contributed by atoms with Crippen molar-refractivity contribution in [3.8, 4) is 0 Å². The topological polar surface area (TPSA) is 71.2 Å². The van der Waals surface area contributed by atoms with Crippen LogP contribution in [0, 0.1) is 11.8 Å². The van der Waals surface area contributed by atoms with Crippen LogP contribution in [0.1, 0.15) is 70.0 Å².